The number of aromatic amines is 1. The average Bonchev–Trinajstić information content (AvgIpc) is 3.63. The summed E-state index contributed by atoms with van der Waals surface area (Å²) >= 11 is 0. The van der Waals surface area contributed by atoms with Crippen molar-refractivity contribution >= 4 is 28.7 Å². The van der Waals surface area contributed by atoms with Crippen LogP contribution in [0, 0.1) is 29.0 Å². The minimum absolute atomic E-state index is 0.0214. The van der Waals surface area contributed by atoms with E-state index in [9.17, 15) is 18.8 Å². The van der Waals surface area contributed by atoms with E-state index in [1.54, 1.807) is 6.07 Å². The lowest BCUT2D eigenvalue weighted by Crippen LogP contribution is -2.50. The lowest BCUT2D eigenvalue weighted by molar-refractivity contribution is -0.134. The van der Waals surface area contributed by atoms with Gasteiger partial charge in [-0.05, 0) is 67.9 Å². The van der Waals surface area contributed by atoms with Crippen molar-refractivity contribution in [2.45, 2.75) is 37.8 Å². The number of carboxylic acids is 2. The summed E-state index contributed by atoms with van der Waals surface area (Å²) < 4.78 is 16.0. The van der Waals surface area contributed by atoms with E-state index in [-0.39, 0.29) is 11.3 Å². The number of carbonyl (C=O) groups is 2. The minimum atomic E-state index is -1.26. The Labute approximate surface area is 235 Å². The van der Waals surface area contributed by atoms with E-state index in [2.05, 4.69) is 14.8 Å². The number of halogens is 1. The van der Waals surface area contributed by atoms with Crippen molar-refractivity contribution in [3.8, 4) is 6.07 Å². The van der Waals surface area contributed by atoms with E-state index in [4.69, 9.17) is 15.5 Å². The number of anilines is 1. The minimum Gasteiger partial charge on any atom is -0.478 e. The van der Waals surface area contributed by atoms with E-state index < -0.39 is 17.8 Å². The summed E-state index contributed by atoms with van der Waals surface area (Å²) in [6.45, 7) is 3.73. The Morgan fingerprint density at radius 2 is 1.54 bits per heavy atom. The van der Waals surface area contributed by atoms with Crippen LogP contribution in [0.4, 0.5) is 10.1 Å². The highest BCUT2D eigenvalue weighted by Crippen LogP contribution is 2.50. The van der Waals surface area contributed by atoms with E-state index in [1.165, 1.54) is 18.9 Å². The second-order valence-corrected chi connectivity index (χ2v) is 10.9. The normalized spacial score (nSPS) is 24.1. The Balaban J connectivity index is 0.000000372. The van der Waals surface area contributed by atoms with Crippen LogP contribution in [0.25, 0.3) is 11.0 Å². The molecule has 41 heavy (non-hydrogen) atoms. The average molecular weight is 562 g/mol. The van der Waals surface area contributed by atoms with Crippen LogP contribution >= 0.6 is 0 Å². The molecular formula is C30H32FN5O5. The molecule has 10 nitrogen and oxygen atoms in total. The number of nitrogens with one attached hydrogen (secondary N) is 1. The molecule has 6 rings (SSSR count). The van der Waals surface area contributed by atoms with Crippen molar-refractivity contribution < 1.29 is 24.2 Å². The van der Waals surface area contributed by atoms with Gasteiger partial charge >= 0.3 is 17.6 Å². The van der Waals surface area contributed by atoms with Crippen LogP contribution in [0.2, 0.25) is 0 Å². The van der Waals surface area contributed by atoms with Gasteiger partial charge in [0, 0.05) is 56.1 Å². The Bertz CT molecular complexity index is 1540. The molecule has 2 saturated carbocycles. The summed E-state index contributed by atoms with van der Waals surface area (Å²) in [5.74, 6) is -1.58. The fourth-order valence-electron chi connectivity index (χ4n) is 6.78. The highest BCUT2D eigenvalue weighted by atomic mass is 19.1. The highest BCUT2D eigenvalue weighted by Gasteiger charge is 2.44. The van der Waals surface area contributed by atoms with Gasteiger partial charge in [0.1, 0.15) is 11.9 Å². The molecule has 2 unspecified atom stereocenters. The molecule has 2 atom stereocenters. The molecule has 0 bridgehead atoms. The summed E-state index contributed by atoms with van der Waals surface area (Å²) in [6.07, 6.45) is 5.72. The van der Waals surface area contributed by atoms with Crippen molar-refractivity contribution in [3.05, 3.63) is 76.5 Å². The van der Waals surface area contributed by atoms with Gasteiger partial charge in [-0.1, -0.05) is 12.1 Å². The summed E-state index contributed by atoms with van der Waals surface area (Å²) in [6, 6.07) is 15.7. The van der Waals surface area contributed by atoms with Crippen molar-refractivity contribution in [1.29, 1.82) is 5.26 Å². The lowest BCUT2D eigenvalue weighted by atomic mass is 10.0. The fourth-order valence-corrected chi connectivity index (χ4v) is 6.78. The number of piperazine rings is 1. The van der Waals surface area contributed by atoms with Crippen molar-refractivity contribution in [3.63, 3.8) is 0 Å². The number of benzene rings is 2. The first-order valence-electron chi connectivity index (χ1n) is 13.7. The van der Waals surface area contributed by atoms with Gasteiger partial charge in [0.25, 0.3) is 0 Å². The molecule has 2 aliphatic carbocycles. The van der Waals surface area contributed by atoms with Crippen molar-refractivity contribution in [2.24, 2.45) is 11.8 Å². The number of rotatable bonds is 5. The number of aliphatic carboxylic acids is 2. The first-order valence-corrected chi connectivity index (χ1v) is 13.7. The monoisotopic (exact) mass is 561 g/mol. The first kappa shape index (κ1) is 28.1. The molecular weight excluding hydrogens is 529 g/mol. The fraction of sp³-hybridized carbons (Fsp3) is 0.400. The van der Waals surface area contributed by atoms with E-state index in [0.29, 0.717) is 36.1 Å². The molecule has 3 aliphatic rings. The molecule has 2 heterocycles. The number of imidazole rings is 1. The molecule has 11 heteroatoms. The van der Waals surface area contributed by atoms with Gasteiger partial charge in [0.05, 0.1) is 16.6 Å². The third-order valence-electron chi connectivity index (χ3n) is 8.59. The highest BCUT2D eigenvalue weighted by molar-refractivity contribution is 5.89. The molecule has 3 aromatic rings. The number of nitrogens with zero attached hydrogens (tertiary/aromatic N) is 4. The summed E-state index contributed by atoms with van der Waals surface area (Å²) in [4.78, 5) is 39.6. The van der Waals surface area contributed by atoms with Crippen molar-refractivity contribution in [2.75, 3.05) is 31.1 Å². The molecule has 1 aliphatic heterocycles. The van der Waals surface area contributed by atoms with Gasteiger partial charge in [0.2, 0.25) is 0 Å². The predicted octanol–water partition coefficient (Wildman–Crippen LogP) is 3.60. The quantitative estimate of drug-likeness (QED) is 0.401. The largest absolute Gasteiger partial charge is 0.478 e. The third-order valence-corrected chi connectivity index (χ3v) is 8.59. The molecule has 1 saturated heterocycles. The van der Waals surface area contributed by atoms with Crippen LogP contribution in [-0.4, -0.2) is 68.8 Å². The molecule has 0 radical (unpaired) electrons. The number of aromatic nitrogens is 2. The molecule has 0 spiro atoms. The zero-order valence-corrected chi connectivity index (χ0v) is 22.4. The van der Waals surface area contributed by atoms with Gasteiger partial charge in [-0.2, -0.15) is 5.26 Å². The topological polar surface area (TPSA) is 143 Å². The van der Waals surface area contributed by atoms with Gasteiger partial charge in [-0.3, -0.25) is 9.47 Å². The molecule has 3 fully saturated rings. The smallest absolute Gasteiger partial charge is 0.328 e. The van der Waals surface area contributed by atoms with Gasteiger partial charge in [-0.25, -0.2) is 18.8 Å². The Morgan fingerprint density at radius 3 is 2.12 bits per heavy atom. The van der Waals surface area contributed by atoms with Crippen LogP contribution in [0.5, 0.6) is 0 Å². The second kappa shape index (κ2) is 12.0. The predicted molar refractivity (Wildman–Crippen MR) is 150 cm³/mol. The number of hydrogen-bond acceptors (Lipinski definition) is 6. The first-order chi connectivity index (χ1) is 19.7. The number of nitriles is 1. The van der Waals surface area contributed by atoms with Gasteiger partial charge < -0.3 is 20.1 Å². The van der Waals surface area contributed by atoms with Crippen LogP contribution in [0.3, 0.4) is 0 Å². The summed E-state index contributed by atoms with van der Waals surface area (Å²) in [5.41, 5.74) is 2.94. The number of carboxylic acid groups (broad SMARTS) is 2. The number of hydrogen-bond donors (Lipinski definition) is 3. The Kier molecular flexibility index (Phi) is 8.21. The van der Waals surface area contributed by atoms with Crippen LogP contribution in [-0.2, 0) is 9.59 Å². The lowest BCUT2D eigenvalue weighted by Gasteiger charge is -2.39. The van der Waals surface area contributed by atoms with E-state index in [1.807, 2.05) is 41.0 Å². The van der Waals surface area contributed by atoms with Gasteiger partial charge in [0.15, 0.2) is 0 Å². The Morgan fingerprint density at radius 1 is 0.927 bits per heavy atom. The zero-order valence-electron chi connectivity index (χ0n) is 22.4. The van der Waals surface area contributed by atoms with Gasteiger partial charge in [-0.15, -0.1) is 0 Å². The molecule has 214 valence electrons. The summed E-state index contributed by atoms with van der Waals surface area (Å²) in [5, 5.41) is 24.6. The zero-order chi connectivity index (χ0) is 29.1. The third kappa shape index (κ3) is 6.18. The number of para-hydroxylation sites is 2. The molecule has 3 N–H and O–H groups in total. The second-order valence-electron chi connectivity index (χ2n) is 10.9. The van der Waals surface area contributed by atoms with Crippen LogP contribution in [0.15, 0.2) is 59.4 Å². The maximum absolute atomic E-state index is 14.0. The number of H-pyrrole nitrogens is 1. The SMILES string of the molecule is N#Cc1ccc(N2CCN(C3CC4CC(n5c(=O)[nH]c6ccccc65)CC4C3)CC2)cc1F.O=C(O)/C=C/C(=O)O. The van der Waals surface area contributed by atoms with E-state index >= 15 is 0 Å². The van der Waals surface area contributed by atoms with Crippen LogP contribution in [0.1, 0.15) is 37.3 Å². The van der Waals surface area contributed by atoms with Crippen molar-refractivity contribution in [1.82, 2.24) is 14.5 Å². The maximum atomic E-state index is 14.0. The standard InChI is InChI=1S/C26H28FN5O.C4H4O4/c27-23-15-20(6-5-17(23)16-28)30-7-9-31(10-8-30)21-11-18-13-22(14-19(18)12-21)32-25-4-2-1-3-24(25)29-26(32)33;5-3(6)1-2-4(7)8/h1-6,15,18-19,21-22H,7-14H2,(H,29,33);1-2H,(H,5,6)(H,7,8)/b;2-1+. The molecule has 1 aromatic heterocycles. The van der Waals surface area contributed by atoms with E-state index in [0.717, 1.165) is 55.7 Å². The number of fused-ring (bicyclic) bond motifs is 2. The van der Waals surface area contributed by atoms with Crippen LogP contribution < -0.4 is 10.6 Å². The molecule has 0 amide bonds. The Hall–Kier alpha value is -4.43. The summed E-state index contributed by atoms with van der Waals surface area (Å²) in [7, 11) is 0. The maximum Gasteiger partial charge on any atom is 0.328 e. The molecule has 2 aromatic carbocycles.